The van der Waals surface area contributed by atoms with Crippen molar-refractivity contribution in [2.45, 2.75) is 103 Å². The lowest BCUT2D eigenvalue weighted by atomic mass is 10.1. The summed E-state index contributed by atoms with van der Waals surface area (Å²) in [5.74, 6) is 6.61. The number of ketones is 1. The van der Waals surface area contributed by atoms with Gasteiger partial charge in [0.05, 0.1) is 6.10 Å². The number of unbranched alkanes of at least 4 members (excludes halogenated alkanes) is 8. The number of Topliss-reactive ketones (excluding diaryl/α,β-unsaturated/α-hetero) is 1. The Morgan fingerprint density at radius 1 is 1.00 bits per heavy atom. The van der Waals surface area contributed by atoms with Crippen LogP contribution in [0.1, 0.15) is 97.3 Å². The lowest BCUT2D eigenvalue weighted by Gasteiger charge is -2.03. The second-order valence-electron chi connectivity index (χ2n) is 6.35. The molecule has 0 saturated carbocycles. The van der Waals surface area contributed by atoms with Crippen LogP contribution in [0.15, 0.2) is 12.2 Å². The van der Waals surface area contributed by atoms with E-state index in [0.717, 1.165) is 44.9 Å². The van der Waals surface area contributed by atoms with E-state index in [1.165, 1.54) is 32.1 Å². The molecule has 0 spiro atoms. The summed E-state index contributed by atoms with van der Waals surface area (Å²) in [7, 11) is 0. The molecule has 0 rings (SSSR count). The van der Waals surface area contributed by atoms with Gasteiger partial charge in [-0.25, -0.2) is 0 Å². The van der Waals surface area contributed by atoms with Gasteiger partial charge in [0.1, 0.15) is 5.78 Å². The van der Waals surface area contributed by atoms with Crippen molar-refractivity contribution in [1.29, 1.82) is 0 Å². The van der Waals surface area contributed by atoms with Gasteiger partial charge in [-0.15, -0.1) is 11.8 Å². The third-order valence-electron chi connectivity index (χ3n) is 3.84. The minimum atomic E-state index is -0.246. The van der Waals surface area contributed by atoms with E-state index >= 15 is 0 Å². The normalized spacial score (nSPS) is 12.1. The van der Waals surface area contributed by atoms with Crippen LogP contribution in [0.3, 0.4) is 0 Å². The quantitative estimate of drug-likeness (QED) is 0.257. The molecule has 0 heterocycles. The van der Waals surface area contributed by atoms with Crippen LogP contribution in [0.25, 0.3) is 0 Å². The maximum Gasteiger partial charge on any atom is 0.129 e. The minimum absolute atomic E-state index is 0.246. The number of hydrogen-bond donors (Lipinski definition) is 1. The highest BCUT2D eigenvalue weighted by Gasteiger charge is 1.96. The molecule has 0 aromatic rings. The molecule has 23 heavy (non-hydrogen) atoms. The highest BCUT2D eigenvalue weighted by Crippen LogP contribution is 2.08. The van der Waals surface area contributed by atoms with Crippen molar-refractivity contribution >= 4 is 5.78 Å². The summed E-state index contributed by atoms with van der Waals surface area (Å²) < 4.78 is 0. The predicted octanol–water partition coefficient (Wildman–Crippen LogP) is 5.59. The number of allylic oxidation sites excluding steroid dienone is 1. The fraction of sp³-hybridized carbons (Fsp3) is 0.762. The number of aliphatic hydroxyl groups excluding tert-OH is 1. The second-order valence-corrected chi connectivity index (χ2v) is 6.35. The van der Waals surface area contributed by atoms with E-state index < -0.39 is 0 Å². The number of carbonyl (C=O) groups is 1. The summed E-state index contributed by atoms with van der Waals surface area (Å²) in [5.41, 5.74) is 0. The molecule has 0 aromatic carbocycles. The predicted molar refractivity (Wildman–Crippen MR) is 99.3 cm³/mol. The van der Waals surface area contributed by atoms with Crippen molar-refractivity contribution < 1.29 is 9.90 Å². The number of rotatable bonds is 14. The van der Waals surface area contributed by atoms with Gasteiger partial charge in [-0.2, -0.15) is 0 Å². The van der Waals surface area contributed by atoms with E-state index in [1.54, 1.807) is 6.92 Å². The topological polar surface area (TPSA) is 37.3 Å². The monoisotopic (exact) mass is 320 g/mol. The van der Waals surface area contributed by atoms with Crippen molar-refractivity contribution in [1.82, 2.24) is 0 Å². The fourth-order valence-electron chi connectivity index (χ4n) is 2.37. The van der Waals surface area contributed by atoms with Crippen molar-refractivity contribution in [2.75, 3.05) is 0 Å². The first-order chi connectivity index (χ1) is 11.2. The van der Waals surface area contributed by atoms with E-state index in [4.69, 9.17) is 0 Å². The Morgan fingerprint density at radius 2 is 1.65 bits per heavy atom. The van der Waals surface area contributed by atoms with E-state index in [1.807, 2.05) is 6.08 Å². The molecule has 132 valence electrons. The van der Waals surface area contributed by atoms with Gasteiger partial charge in [0.15, 0.2) is 0 Å². The summed E-state index contributed by atoms with van der Waals surface area (Å²) in [5, 5.41) is 9.67. The standard InChI is InChI=1S/C21H36O2/c1-3-4-18-21(23)19-16-14-12-10-8-6-5-7-9-11-13-15-17-20(2)22/h16,19,21,23H,3-8,10,12-15,17-18H2,1-2H3/b19-16+. The van der Waals surface area contributed by atoms with Crippen LogP contribution in [0, 0.1) is 11.8 Å². The van der Waals surface area contributed by atoms with E-state index in [2.05, 4.69) is 24.8 Å². The van der Waals surface area contributed by atoms with Gasteiger partial charge < -0.3 is 9.90 Å². The molecule has 0 fully saturated rings. The Labute approximate surface area is 143 Å². The maximum atomic E-state index is 10.8. The molecule has 0 amide bonds. The number of carbonyl (C=O) groups excluding carboxylic acids is 1. The molecule has 1 atom stereocenters. The first-order valence-corrected chi connectivity index (χ1v) is 9.46. The Balaban J connectivity index is 3.29. The zero-order valence-electron chi connectivity index (χ0n) is 15.3. The SMILES string of the molecule is CCCCC(O)/C=C/CCCCCCCC#CCCCC(C)=O. The summed E-state index contributed by atoms with van der Waals surface area (Å²) >= 11 is 0. The van der Waals surface area contributed by atoms with Gasteiger partial charge in [-0.05, 0) is 39.0 Å². The Kier molecular flexibility index (Phi) is 16.5. The van der Waals surface area contributed by atoms with Crippen LogP contribution in [0.4, 0.5) is 0 Å². The molecule has 0 bridgehead atoms. The highest BCUT2D eigenvalue weighted by atomic mass is 16.3. The lowest BCUT2D eigenvalue weighted by Crippen LogP contribution is -2.00. The Bertz CT molecular complexity index is 360. The molecule has 1 N–H and O–H groups in total. The van der Waals surface area contributed by atoms with Crippen molar-refractivity contribution in [3.8, 4) is 11.8 Å². The van der Waals surface area contributed by atoms with E-state index in [0.29, 0.717) is 6.42 Å². The largest absolute Gasteiger partial charge is 0.389 e. The molecule has 0 aliphatic carbocycles. The molecular weight excluding hydrogens is 284 g/mol. The average Bonchev–Trinajstić information content (AvgIpc) is 2.52. The zero-order chi connectivity index (χ0) is 17.2. The molecule has 2 heteroatoms. The van der Waals surface area contributed by atoms with Crippen LogP contribution in [0.2, 0.25) is 0 Å². The first-order valence-electron chi connectivity index (χ1n) is 9.46. The van der Waals surface area contributed by atoms with Gasteiger partial charge in [0, 0.05) is 19.3 Å². The fourth-order valence-corrected chi connectivity index (χ4v) is 2.37. The zero-order valence-corrected chi connectivity index (χ0v) is 15.3. The van der Waals surface area contributed by atoms with E-state index in [9.17, 15) is 9.90 Å². The molecule has 2 nitrogen and oxygen atoms in total. The van der Waals surface area contributed by atoms with E-state index in [-0.39, 0.29) is 11.9 Å². The lowest BCUT2D eigenvalue weighted by molar-refractivity contribution is -0.117. The summed E-state index contributed by atoms with van der Waals surface area (Å²) in [6, 6.07) is 0. The first kappa shape index (κ1) is 21.9. The van der Waals surface area contributed by atoms with Crippen LogP contribution >= 0.6 is 0 Å². The molecule has 0 saturated heterocycles. The van der Waals surface area contributed by atoms with Gasteiger partial charge in [-0.3, -0.25) is 0 Å². The third kappa shape index (κ3) is 18.9. The molecule has 0 aromatic heterocycles. The van der Waals surface area contributed by atoms with Crippen LogP contribution < -0.4 is 0 Å². The third-order valence-corrected chi connectivity index (χ3v) is 3.84. The van der Waals surface area contributed by atoms with Crippen LogP contribution in [-0.2, 0) is 4.79 Å². The summed E-state index contributed by atoms with van der Waals surface area (Å²) in [6.07, 6.45) is 17.7. The number of hydrogen-bond acceptors (Lipinski definition) is 2. The van der Waals surface area contributed by atoms with Crippen molar-refractivity contribution in [3.63, 3.8) is 0 Å². The minimum Gasteiger partial charge on any atom is -0.389 e. The van der Waals surface area contributed by atoms with Gasteiger partial charge in [0.25, 0.3) is 0 Å². The van der Waals surface area contributed by atoms with Gasteiger partial charge in [-0.1, -0.05) is 51.2 Å². The van der Waals surface area contributed by atoms with Crippen molar-refractivity contribution in [2.24, 2.45) is 0 Å². The maximum absolute atomic E-state index is 10.8. The summed E-state index contributed by atoms with van der Waals surface area (Å²) in [4.78, 5) is 10.8. The Morgan fingerprint density at radius 3 is 2.35 bits per heavy atom. The molecule has 0 aliphatic heterocycles. The Hall–Kier alpha value is -1.07. The average molecular weight is 321 g/mol. The van der Waals surface area contributed by atoms with Gasteiger partial charge in [0.2, 0.25) is 0 Å². The smallest absolute Gasteiger partial charge is 0.129 e. The van der Waals surface area contributed by atoms with Crippen LogP contribution in [0.5, 0.6) is 0 Å². The molecule has 0 radical (unpaired) electrons. The molecule has 0 aliphatic rings. The highest BCUT2D eigenvalue weighted by molar-refractivity contribution is 5.75. The molecular formula is C21H36O2. The number of aliphatic hydroxyl groups is 1. The summed E-state index contributed by atoms with van der Waals surface area (Å²) in [6.45, 7) is 3.79. The molecule has 1 unspecified atom stereocenters. The van der Waals surface area contributed by atoms with Crippen molar-refractivity contribution in [3.05, 3.63) is 12.2 Å². The second kappa shape index (κ2) is 17.3. The van der Waals surface area contributed by atoms with Gasteiger partial charge >= 0.3 is 0 Å². The van der Waals surface area contributed by atoms with Crippen LogP contribution in [-0.4, -0.2) is 17.0 Å².